The number of amides is 1. The Morgan fingerprint density at radius 2 is 2.04 bits per heavy atom. The number of nitrogens with zero attached hydrogens (tertiary/aromatic N) is 1. The summed E-state index contributed by atoms with van der Waals surface area (Å²) in [6.07, 6.45) is 2.45. The van der Waals surface area contributed by atoms with E-state index in [-0.39, 0.29) is 29.1 Å². The van der Waals surface area contributed by atoms with E-state index in [1.54, 1.807) is 12.1 Å². The zero-order valence-electron chi connectivity index (χ0n) is 12.6. The molecule has 1 aromatic rings. The quantitative estimate of drug-likeness (QED) is 0.195. The van der Waals surface area contributed by atoms with Crippen molar-refractivity contribution in [2.45, 2.75) is 13.3 Å². The van der Waals surface area contributed by atoms with Crippen LogP contribution in [-0.4, -0.2) is 22.7 Å². The van der Waals surface area contributed by atoms with Crippen LogP contribution in [0.2, 0.25) is 0 Å². The van der Waals surface area contributed by atoms with Gasteiger partial charge < -0.3 is 32.7 Å². The highest BCUT2D eigenvalue weighted by Gasteiger charge is 2.17. The first kappa shape index (κ1) is 17.7. The van der Waals surface area contributed by atoms with Crippen molar-refractivity contribution >= 4 is 17.3 Å². The van der Waals surface area contributed by atoms with Gasteiger partial charge in [-0.25, -0.2) is 0 Å². The minimum atomic E-state index is -0.705. The fourth-order valence-corrected chi connectivity index (χ4v) is 1.78. The number of nitrogen functional groups attached to an aromatic ring is 1. The van der Waals surface area contributed by atoms with Crippen molar-refractivity contribution < 1.29 is 15.0 Å². The molecule has 1 amide bonds. The molecule has 23 heavy (non-hydrogen) atoms. The maximum Gasteiger partial charge on any atom is 0.264 e. The Hall–Kier alpha value is -3.34. The number of nitriles is 1. The Morgan fingerprint density at radius 3 is 2.57 bits per heavy atom. The van der Waals surface area contributed by atoms with Crippen molar-refractivity contribution in [3.63, 3.8) is 0 Å². The van der Waals surface area contributed by atoms with Gasteiger partial charge in [-0.2, -0.15) is 5.26 Å². The highest BCUT2D eigenvalue weighted by atomic mass is 16.3. The predicted molar refractivity (Wildman–Crippen MR) is 86.5 cm³/mol. The van der Waals surface area contributed by atoms with E-state index in [1.807, 2.05) is 6.92 Å². The third-order valence-corrected chi connectivity index (χ3v) is 2.96. The Kier molecular flexibility index (Phi) is 5.86. The Bertz CT molecular complexity index is 693. The summed E-state index contributed by atoms with van der Waals surface area (Å²) in [5.41, 5.74) is 16.9. The molecule has 122 valence electrons. The van der Waals surface area contributed by atoms with Crippen LogP contribution in [0.4, 0.5) is 5.69 Å². The molecule has 1 rings (SSSR count). The number of phenols is 2. The molecule has 0 fully saturated rings. The Balaban J connectivity index is 3.11. The molecule has 0 aliphatic rings. The van der Waals surface area contributed by atoms with E-state index < -0.39 is 17.4 Å². The maximum absolute atomic E-state index is 12.0. The van der Waals surface area contributed by atoms with Gasteiger partial charge in [-0.3, -0.25) is 4.79 Å². The van der Waals surface area contributed by atoms with Gasteiger partial charge in [0, 0.05) is 11.3 Å². The number of allylic oxidation sites excluding steroid dienone is 1. The molecule has 0 aliphatic heterocycles. The molecular weight excluding hydrogens is 298 g/mol. The van der Waals surface area contributed by atoms with Gasteiger partial charge in [0.2, 0.25) is 0 Å². The summed E-state index contributed by atoms with van der Waals surface area (Å²) in [7, 11) is 0. The molecule has 0 heterocycles. The molecular formula is C15H19N5O3. The minimum Gasteiger partial charge on any atom is -0.504 e. The summed E-state index contributed by atoms with van der Waals surface area (Å²) in [6.45, 7) is 1.98. The normalized spacial score (nSPS) is 12.3. The van der Waals surface area contributed by atoms with Crippen LogP contribution in [0.3, 0.4) is 0 Å². The van der Waals surface area contributed by atoms with Crippen LogP contribution in [0.25, 0.3) is 5.70 Å². The van der Waals surface area contributed by atoms with Crippen molar-refractivity contribution in [1.29, 1.82) is 5.26 Å². The van der Waals surface area contributed by atoms with Crippen LogP contribution < -0.4 is 22.5 Å². The van der Waals surface area contributed by atoms with Gasteiger partial charge in [-0.1, -0.05) is 13.0 Å². The maximum atomic E-state index is 12.0. The molecule has 9 N–H and O–H groups in total. The molecule has 8 heteroatoms. The van der Waals surface area contributed by atoms with E-state index in [0.29, 0.717) is 5.70 Å². The molecule has 0 radical (unpaired) electrons. The van der Waals surface area contributed by atoms with Crippen LogP contribution in [-0.2, 0) is 4.79 Å². The van der Waals surface area contributed by atoms with Crippen LogP contribution in [0.5, 0.6) is 11.5 Å². The number of phenolic OH excluding ortho intramolecular Hbond substituents is 2. The first-order valence-corrected chi connectivity index (χ1v) is 6.76. The molecule has 0 aromatic heterocycles. The van der Waals surface area contributed by atoms with E-state index in [4.69, 9.17) is 22.5 Å². The Labute approximate surface area is 133 Å². The van der Waals surface area contributed by atoms with Gasteiger partial charge >= 0.3 is 0 Å². The predicted octanol–water partition coefficient (Wildman–Crippen LogP) is 0.242. The summed E-state index contributed by atoms with van der Waals surface area (Å²) < 4.78 is 0. The molecule has 0 unspecified atom stereocenters. The van der Waals surface area contributed by atoms with Crippen LogP contribution in [0.1, 0.15) is 18.9 Å². The molecule has 1 aromatic carbocycles. The summed E-state index contributed by atoms with van der Waals surface area (Å²) >= 11 is 0. The first-order chi connectivity index (χ1) is 10.8. The zero-order chi connectivity index (χ0) is 17.6. The standard InChI is InChI=1S/C15H19N5O3/c1-2-3-9(17)7-20-15(23)10(6-16)13(19)8-4-11(18)14(22)12(21)5-8/h3-5,21-22H,2,7,17-19H2,1H3,(H,20,23)/b9-3-,13-10-. The van der Waals surface area contributed by atoms with Crippen LogP contribution >= 0.6 is 0 Å². The fourth-order valence-electron chi connectivity index (χ4n) is 1.78. The van der Waals surface area contributed by atoms with E-state index in [2.05, 4.69) is 5.32 Å². The number of nitrogens with two attached hydrogens (primary N) is 3. The fraction of sp³-hybridized carbons (Fsp3) is 0.200. The summed E-state index contributed by atoms with van der Waals surface area (Å²) in [6, 6.07) is 4.07. The Morgan fingerprint density at radius 1 is 1.39 bits per heavy atom. The highest BCUT2D eigenvalue weighted by molar-refractivity contribution is 6.04. The number of carbonyl (C=O) groups is 1. The van der Waals surface area contributed by atoms with Gasteiger partial charge in [0.1, 0.15) is 11.6 Å². The number of benzene rings is 1. The van der Waals surface area contributed by atoms with E-state index >= 15 is 0 Å². The van der Waals surface area contributed by atoms with Crippen molar-refractivity contribution in [3.8, 4) is 17.6 Å². The molecule has 0 atom stereocenters. The number of nitrogens with one attached hydrogen (secondary N) is 1. The van der Waals surface area contributed by atoms with Crippen molar-refractivity contribution in [2.75, 3.05) is 12.3 Å². The first-order valence-electron chi connectivity index (χ1n) is 6.76. The van der Waals surface area contributed by atoms with Gasteiger partial charge in [0.05, 0.1) is 17.9 Å². The second-order valence-electron chi connectivity index (χ2n) is 4.70. The number of carbonyl (C=O) groups excluding carboxylic acids is 1. The average molecular weight is 317 g/mol. The number of aromatic hydroxyl groups is 2. The van der Waals surface area contributed by atoms with E-state index in [1.165, 1.54) is 6.07 Å². The van der Waals surface area contributed by atoms with Crippen molar-refractivity contribution in [3.05, 3.63) is 35.0 Å². The van der Waals surface area contributed by atoms with Gasteiger partial charge in [-0.05, 0) is 18.6 Å². The average Bonchev–Trinajstić information content (AvgIpc) is 2.51. The summed E-state index contributed by atoms with van der Waals surface area (Å²) in [5, 5.41) is 30.6. The largest absolute Gasteiger partial charge is 0.504 e. The molecule has 0 bridgehead atoms. The van der Waals surface area contributed by atoms with Crippen LogP contribution in [0, 0.1) is 11.3 Å². The molecule has 0 saturated heterocycles. The summed E-state index contributed by atoms with van der Waals surface area (Å²) in [4.78, 5) is 12.0. The van der Waals surface area contributed by atoms with Gasteiger partial charge in [0.25, 0.3) is 5.91 Å². The monoisotopic (exact) mass is 317 g/mol. The molecule has 8 nitrogen and oxygen atoms in total. The second kappa shape index (κ2) is 7.61. The second-order valence-corrected chi connectivity index (χ2v) is 4.70. The van der Waals surface area contributed by atoms with Crippen LogP contribution in [0.15, 0.2) is 29.5 Å². The SMILES string of the molecule is CC/C=C(\N)CNC(=O)/C(C#N)=C(\N)c1cc(N)c(O)c(O)c1. The summed E-state index contributed by atoms with van der Waals surface area (Å²) in [5.74, 6) is -1.71. The third kappa shape index (κ3) is 4.31. The number of anilines is 1. The lowest BCUT2D eigenvalue weighted by atomic mass is 10.1. The van der Waals surface area contributed by atoms with E-state index in [9.17, 15) is 15.0 Å². The topological polar surface area (TPSA) is 171 Å². The van der Waals surface area contributed by atoms with Crippen molar-refractivity contribution in [2.24, 2.45) is 11.5 Å². The lowest BCUT2D eigenvalue weighted by Crippen LogP contribution is -2.30. The smallest absolute Gasteiger partial charge is 0.264 e. The number of rotatable bonds is 5. The highest BCUT2D eigenvalue weighted by Crippen LogP contribution is 2.34. The number of hydrogen-bond donors (Lipinski definition) is 6. The number of hydrogen-bond acceptors (Lipinski definition) is 7. The van der Waals surface area contributed by atoms with Gasteiger partial charge in [-0.15, -0.1) is 0 Å². The zero-order valence-corrected chi connectivity index (χ0v) is 12.6. The molecule has 0 saturated carbocycles. The minimum absolute atomic E-state index is 0.0775. The van der Waals surface area contributed by atoms with Gasteiger partial charge in [0.15, 0.2) is 11.5 Å². The third-order valence-electron chi connectivity index (χ3n) is 2.96. The molecule has 0 aliphatic carbocycles. The van der Waals surface area contributed by atoms with Crippen molar-refractivity contribution in [1.82, 2.24) is 5.32 Å². The molecule has 0 spiro atoms. The lowest BCUT2D eigenvalue weighted by Gasteiger charge is -2.10. The lowest BCUT2D eigenvalue weighted by molar-refractivity contribution is -0.116. The van der Waals surface area contributed by atoms with E-state index in [0.717, 1.165) is 12.5 Å².